The molecule has 1 aromatic carbocycles. The Balaban J connectivity index is 1.70. The number of nitrogens with zero attached hydrogens (tertiary/aromatic N) is 2. The van der Waals surface area contributed by atoms with Crippen LogP contribution in [0.1, 0.15) is 38.3 Å². The van der Waals surface area contributed by atoms with Crippen LogP contribution in [-0.4, -0.2) is 34.6 Å². The van der Waals surface area contributed by atoms with Crippen LogP contribution in [0.5, 0.6) is 0 Å². The van der Waals surface area contributed by atoms with E-state index < -0.39 is 0 Å². The lowest BCUT2D eigenvalue weighted by Gasteiger charge is -2.19. The standard InChI is InChI=1S/C17H20N2OS2/c1-12-5-3-4-6-14(12)16-7-8-19(9-10-21-16)17(20)15-11-22-13(2)18-15/h3-6,11,16H,7-10H2,1-2H3/t16-/m1/s1. The summed E-state index contributed by atoms with van der Waals surface area (Å²) in [5.74, 6) is 1.06. The molecule has 1 aliphatic heterocycles. The lowest BCUT2D eigenvalue weighted by atomic mass is 10.0. The summed E-state index contributed by atoms with van der Waals surface area (Å²) in [6, 6.07) is 8.57. The zero-order valence-corrected chi connectivity index (χ0v) is 14.5. The summed E-state index contributed by atoms with van der Waals surface area (Å²) in [4.78, 5) is 18.8. The van der Waals surface area contributed by atoms with Crippen LogP contribution in [0.3, 0.4) is 0 Å². The zero-order valence-electron chi connectivity index (χ0n) is 12.9. The Hall–Kier alpha value is -1.33. The van der Waals surface area contributed by atoms with Crippen molar-refractivity contribution in [1.29, 1.82) is 0 Å². The van der Waals surface area contributed by atoms with Crippen LogP contribution in [0, 0.1) is 13.8 Å². The van der Waals surface area contributed by atoms with Gasteiger partial charge in [0.2, 0.25) is 0 Å². The van der Waals surface area contributed by atoms with Gasteiger partial charge < -0.3 is 4.90 Å². The number of aryl methyl sites for hydroxylation is 2. The van der Waals surface area contributed by atoms with Gasteiger partial charge in [0.25, 0.3) is 5.91 Å². The number of amides is 1. The Morgan fingerprint density at radius 2 is 2.09 bits per heavy atom. The molecule has 5 heteroatoms. The first-order chi connectivity index (χ1) is 10.6. The summed E-state index contributed by atoms with van der Waals surface area (Å²) in [6.45, 7) is 5.72. The smallest absolute Gasteiger partial charge is 0.273 e. The molecule has 0 spiro atoms. The molecule has 116 valence electrons. The highest BCUT2D eigenvalue weighted by molar-refractivity contribution is 7.99. The summed E-state index contributed by atoms with van der Waals surface area (Å²) < 4.78 is 0. The first kappa shape index (κ1) is 15.6. The van der Waals surface area contributed by atoms with Crippen molar-refractivity contribution in [3.63, 3.8) is 0 Å². The average molecular weight is 332 g/mol. The Morgan fingerprint density at radius 3 is 2.82 bits per heavy atom. The monoisotopic (exact) mass is 332 g/mol. The van der Waals surface area contributed by atoms with Crippen molar-refractivity contribution in [2.24, 2.45) is 0 Å². The molecule has 1 amide bonds. The molecule has 0 saturated carbocycles. The van der Waals surface area contributed by atoms with Crippen LogP contribution < -0.4 is 0 Å². The third kappa shape index (κ3) is 3.36. The third-order valence-corrected chi connectivity index (χ3v) is 6.09. The minimum atomic E-state index is 0.0791. The van der Waals surface area contributed by atoms with Gasteiger partial charge in [0.1, 0.15) is 5.69 Å². The molecule has 1 aromatic heterocycles. The second kappa shape index (κ2) is 6.84. The van der Waals surface area contributed by atoms with E-state index in [1.54, 1.807) is 0 Å². The lowest BCUT2D eigenvalue weighted by molar-refractivity contribution is 0.0761. The second-order valence-electron chi connectivity index (χ2n) is 5.55. The van der Waals surface area contributed by atoms with E-state index in [4.69, 9.17) is 0 Å². The molecule has 0 bridgehead atoms. The molecule has 0 N–H and O–H groups in total. The largest absolute Gasteiger partial charge is 0.336 e. The van der Waals surface area contributed by atoms with Crippen LogP contribution in [-0.2, 0) is 0 Å². The van der Waals surface area contributed by atoms with Gasteiger partial charge in [0.05, 0.1) is 5.01 Å². The van der Waals surface area contributed by atoms with E-state index in [2.05, 4.69) is 36.2 Å². The molecular weight excluding hydrogens is 312 g/mol. The van der Waals surface area contributed by atoms with Gasteiger partial charge in [-0.3, -0.25) is 4.79 Å². The highest BCUT2D eigenvalue weighted by Crippen LogP contribution is 2.36. The molecular formula is C17H20N2OS2. The fourth-order valence-electron chi connectivity index (χ4n) is 2.79. The van der Waals surface area contributed by atoms with Crippen molar-refractivity contribution in [1.82, 2.24) is 9.88 Å². The topological polar surface area (TPSA) is 33.2 Å². The predicted octanol–water partition coefficient (Wildman–Crippen LogP) is 4.08. The molecule has 0 unspecified atom stereocenters. The van der Waals surface area contributed by atoms with E-state index in [9.17, 15) is 4.79 Å². The molecule has 1 saturated heterocycles. The van der Waals surface area contributed by atoms with Crippen LogP contribution >= 0.6 is 23.1 Å². The number of aromatic nitrogens is 1. The fraction of sp³-hybridized carbons (Fsp3) is 0.412. The molecule has 1 fully saturated rings. The number of hydrogen-bond acceptors (Lipinski definition) is 4. The zero-order chi connectivity index (χ0) is 15.5. The molecule has 2 heterocycles. The van der Waals surface area contributed by atoms with Crippen molar-refractivity contribution >= 4 is 29.0 Å². The average Bonchev–Trinajstić information content (AvgIpc) is 2.81. The summed E-state index contributed by atoms with van der Waals surface area (Å²) in [5, 5.41) is 3.30. The van der Waals surface area contributed by atoms with Crippen LogP contribution in [0.4, 0.5) is 0 Å². The lowest BCUT2D eigenvalue weighted by Crippen LogP contribution is -2.33. The van der Waals surface area contributed by atoms with Crippen molar-refractivity contribution in [3.05, 3.63) is 51.5 Å². The number of benzene rings is 1. The summed E-state index contributed by atoms with van der Waals surface area (Å²) in [6.07, 6.45) is 1.00. The van der Waals surface area contributed by atoms with E-state index in [1.165, 1.54) is 22.5 Å². The number of thioether (sulfide) groups is 1. The number of carbonyl (C=O) groups excluding carboxylic acids is 1. The van der Waals surface area contributed by atoms with E-state index >= 15 is 0 Å². The predicted molar refractivity (Wildman–Crippen MR) is 93.7 cm³/mol. The van der Waals surface area contributed by atoms with Gasteiger partial charge >= 0.3 is 0 Å². The van der Waals surface area contributed by atoms with Crippen LogP contribution in [0.2, 0.25) is 0 Å². The number of hydrogen-bond donors (Lipinski definition) is 0. The number of carbonyl (C=O) groups is 1. The molecule has 2 aromatic rings. The number of rotatable bonds is 2. The third-order valence-electron chi connectivity index (χ3n) is 4.00. The van der Waals surface area contributed by atoms with Crippen molar-refractivity contribution < 1.29 is 4.79 Å². The van der Waals surface area contributed by atoms with E-state index in [-0.39, 0.29) is 5.91 Å². The molecule has 1 aliphatic rings. The van der Waals surface area contributed by atoms with Gasteiger partial charge in [-0.2, -0.15) is 11.8 Å². The SMILES string of the molecule is Cc1nc(C(=O)N2CCS[C@@H](c3ccccc3C)CC2)cs1. The van der Waals surface area contributed by atoms with Crippen molar-refractivity contribution in [2.75, 3.05) is 18.8 Å². The van der Waals surface area contributed by atoms with Gasteiger partial charge in [-0.05, 0) is 31.4 Å². The molecule has 3 nitrogen and oxygen atoms in total. The molecule has 3 rings (SSSR count). The van der Waals surface area contributed by atoms with Gasteiger partial charge in [-0.1, -0.05) is 24.3 Å². The number of thiazole rings is 1. The molecule has 0 aliphatic carbocycles. The second-order valence-corrected chi connectivity index (χ2v) is 7.92. The van der Waals surface area contributed by atoms with Gasteiger partial charge in [-0.15, -0.1) is 11.3 Å². The summed E-state index contributed by atoms with van der Waals surface area (Å²) in [7, 11) is 0. The fourth-order valence-corrected chi connectivity index (χ4v) is 4.71. The maximum Gasteiger partial charge on any atom is 0.273 e. The van der Waals surface area contributed by atoms with Crippen molar-refractivity contribution in [2.45, 2.75) is 25.5 Å². The first-order valence-electron chi connectivity index (χ1n) is 7.53. The van der Waals surface area contributed by atoms with Crippen LogP contribution in [0.15, 0.2) is 29.6 Å². The van der Waals surface area contributed by atoms with E-state index in [0.717, 1.165) is 30.3 Å². The normalized spacial score (nSPS) is 19.0. The quantitative estimate of drug-likeness (QED) is 0.831. The van der Waals surface area contributed by atoms with Crippen LogP contribution in [0.25, 0.3) is 0 Å². The van der Waals surface area contributed by atoms with E-state index in [0.29, 0.717) is 10.9 Å². The molecule has 1 atom stereocenters. The maximum absolute atomic E-state index is 12.5. The summed E-state index contributed by atoms with van der Waals surface area (Å²) >= 11 is 3.50. The van der Waals surface area contributed by atoms with Gasteiger partial charge in [0.15, 0.2) is 0 Å². The Labute approximate surface area is 139 Å². The Kier molecular flexibility index (Phi) is 4.84. The van der Waals surface area contributed by atoms with Gasteiger partial charge in [0, 0.05) is 29.5 Å². The Morgan fingerprint density at radius 1 is 1.27 bits per heavy atom. The highest BCUT2D eigenvalue weighted by atomic mass is 32.2. The maximum atomic E-state index is 12.5. The Bertz CT molecular complexity index is 668. The molecule has 22 heavy (non-hydrogen) atoms. The molecule has 0 radical (unpaired) electrons. The highest BCUT2D eigenvalue weighted by Gasteiger charge is 2.24. The minimum Gasteiger partial charge on any atom is -0.336 e. The van der Waals surface area contributed by atoms with Crippen molar-refractivity contribution in [3.8, 4) is 0 Å². The minimum absolute atomic E-state index is 0.0791. The van der Waals surface area contributed by atoms with E-state index in [1.807, 2.05) is 29.0 Å². The van der Waals surface area contributed by atoms with Gasteiger partial charge in [-0.25, -0.2) is 4.98 Å². The summed E-state index contributed by atoms with van der Waals surface area (Å²) in [5.41, 5.74) is 3.35. The first-order valence-corrected chi connectivity index (χ1v) is 9.46.